The van der Waals surface area contributed by atoms with Gasteiger partial charge in [0.15, 0.2) is 0 Å². The van der Waals surface area contributed by atoms with Crippen LogP contribution in [0.4, 0.5) is 5.13 Å². The topological polar surface area (TPSA) is 64.1 Å². The molecule has 2 aromatic carbocycles. The number of nitrogens with one attached hydrogen (secondary N) is 1. The van der Waals surface area contributed by atoms with Crippen LogP contribution in [0.3, 0.4) is 0 Å². The second kappa shape index (κ2) is 8.39. The maximum atomic E-state index is 12.2. The zero-order valence-corrected chi connectivity index (χ0v) is 14.8. The standard InChI is InChI=1S/C19H19N3O2S/c1-24-16-12-10-15(11-13-16)18(23)20-19-22-21-17(25-19)9-5-8-14-6-3-2-4-7-14/h2-4,6-7,10-13H,5,8-9H2,1H3,(H,20,22,23). The minimum atomic E-state index is -0.199. The van der Waals surface area contributed by atoms with Crippen molar-refractivity contribution in [3.8, 4) is 5.75 Å². The van der Waals surface area contributed by atoms with Crippen molar-refractivity contribution in [2.75, 3.05) is 12.4 Å². The Morgan fingerprint density at radius 3 is 2.52 bits per heavy atom. The van der Waals surface area contributed by atoms with E-state index in [2.05, 4.69) is 27.6 Å². The molecule has 0 fully saturated rings. The van der Waals surface area contributed by atoms with Crippen LogP contribution in [0.25, 0.3) is 0 Å². The number of methoxy groups -OCH3 is 1. The summed E-state index contributed by atoms with van der Waals surface area (Å²) in [5, 5.41) is 12.5. The Labute approximate surface area is 150 Å². The van der Waals surface area contributed by atoms with E-state index in [4.69, 9.17) is 4.74 Å². The van der Waals surface area contributed by atoms with Crippen molar-refractivity contribution in [2.45, 2.75) is 19.3 Å². The molecule has 128 valence electrons. The van der Waals surface area contributed by atoms with Crippen molar-refractivity contribution in [3.05, 3.63) is 70.7 Å². The molecular formula is C19H19N3O2S. The maximum Gasteiger partial charge on any atom is 0.257 e. The largest absolute Gasteiger partial charge is 0.497 e. The van der Waals surface area contributed by atoms with Crippen LogP contribution in [0.1, 0.15) is 27.3 Å². The highest BCUT2D eigenvalue weighted by Gasteiger charge is 2.10. The van der Waals surface area contributed by atoms with E-state index in [0.717, 1.165) is 24.3 Å². The first-order valence-electron chi connectivity index (χ1n) is 8.06. The molecule has 1 aromatic heterocycles. The van der Waals surface area contributed by atoms with E-state index in [1.165, 1.54) is 16.9 Å². The summed E-state index contributed by atoms with van der Waals surface area (Å²) < 4.78 is 5.09. The summed E-state index contributed by atoms with van der Waals surface area (Å²) in [7, 11) is 1.59. The number of carbonyl (C=O) groups is 1. The lowest BCUT2D eigenvalue weighted by Crippen LogP contribution is -2.11. The van der Waals surface area contributed by atoms with Crippen LogP contribution in [0.15, 0.2) is 54.6 Å². The lowest BCUT2D eigenvalue weighted by atomic mass is 10.1. The zero-order chi connectivity index (χ0) is 17.5. The van der Waals surface area contributed by atoms with Crippen LogP contribution >= 0.6 is 11.3 Å². The molecule has 0 spiro atoms. The van der Waals surface area contributed by atoms with E-state index < -0.39 is 0 Å². The highest BCUT2D eigenvalue weighted by atomic mass is 32.1. The van der Waals surface area contributed by atoms with Gasteiger partial charge in [-0.2, -0.15) is 0 Å². The SMILES string of the molecule is COc1ccc(C(=O)Nc2nnc(CCCc3ccccc3)s2)cc1. The Bertz CT molecular complexity index is 816. The second-order valence-electron chi connectivity index (χ2n) is 5.52. The molecule has 3 rings (SSSR count). The van der Waals surface area contributed by atoms with Gasteiger partial charge in [-0.15, -0.1) is 10.2 Å². The predicted octanol–water partition coefficient (Wildman–Crippen LogP) is 3.97. The molecule has 0 atom stereocenters. The number of ether oxygens (including phenoxy) is 1. The maximum absolute atomic E-state index is 12.2. The normalized spacial score (nSPS) is 10.4. The molecule has 25 heavy (non-hydrogen) atoms. The van der Waals surface area contributed by atoms with Crippen LogP contribution < -0.4 is 10.1 Å². The van der Waals surface area contributed by atoms with Crippen molar-refractivity contribution in [1.29, 1.82) is 0 Å². The summed E-state index contributed by atoms with van der Waals surface area (Å²) in [6.45, 7) is 0. The van der Waals surface area contributed by atoms with Gasteiger partial charge in [-0.05, 0) is 42.7 Å². The number of aromatic nitrogens is 2. The highest BCUT2D eigenvalue weighted by Crippen LogP contribution is 2.19. The van der Waals surface area contributed by atoms with Gasteiger partial charge in [-0.3, -0.25) is 10.1 Å². The summed E-state index contributed by atoms with van der Waals surface area (Å²) in [5.74, 6) is 0.516. The third kappa shape index (κ3) is 4.87. The summed E-state index contributed by atoms with van der Waals surface area (Å²) >= 11 is 1.42. The molecule has 1 N–H and O–H groups in total. The molecule has 0 saturated heterocycles. The van der Waals surface area contributed by atoms with E-state index in [-0.39, 0.29) is 5.91 Å². The summed E-state index contributed by atoms with van der Waals surface area (Å²) in [6, 6.07) is 17.3. The molecule has 5 nitrogen and oxygen atoms in total. The number of anilines is 1. The van der Waals surface area contributed by atoms with E-state index >= 15 is 0 Å². The smallest absolute Gasteiger partial charge is 0.257 e. The number of benzene rings is 2. The molecule has 6 heteroatoms. The number of carbonyl (C=O) groups excluding carboxylic acids is 1. The Morgan fingerprint density at radius 1 is 1.04 bits per heavy atom. The van der Waals surface area contributed by atoms with Gasteiger partial charge in [0.1, 0.15) is 10.8 Å². The molecule has 1 amide bonds. The third-order valence-electron chi connectivity index (χ3n) is 3.74. The molecule has 3 aromatic rings. The van der Waals surface area contributed by atoms with Gasteiger partial charge < -0.3 is 4.74 Å². The molecule has 0 aliphatic heterocycles. The van der Waals surface area contributed by atoms with Crippen molar-refractivity contribution in [3.63, 3.8) is 0 Å². The lowest BCUT2D eigenvalue weighted by Gasteiger charge is -2.02. The molecular weight excluding hydrogens is 334 g/mol. The zero-order valence-electron chi connectivity index (χ0n) is 13.9. The second-order valence-corrected chi connectivity index (χ2v) is 6.58. The van der Waals surface area contributed by atoms with Gasteiger partial charge in [-0.1, -0.05) is 41.7 Å². The molecule has 0 radical (unpaired) electrons. The number of nitrogens with zero attached hydrogens (tertiary/aromatic N) is 2. The molecule has 1 heterocycles. The fraction of sp³-hybridized carbons (Fsp3) is 0.211. The van der Waals surface area contributed by atoms with Crippen LogP contribution in [-0.4, -0.2) is 23.2 Å². The van der Waals surface area contributed by atoms with E-state index in [0.29, 0.717) is 16.4 Å². The number of aryl methyl sites for hydroxylation is 2. The fourth-order valence-electron chi connectivity index (χ4n) is 2.41. The number of amides is 1. The van der Waals surface area contributed by atoms with Gasteiger partial charge in [-0.25, -0.2) is 0 Å². The minimum absolute atomic E-state index is 0.199. The van der Waals surface area contributed by atoms with E-state index in [1.807, 2.05) is 18.2 Å². The van der Waals surface area contributed by atoms with Crippen LogP contribution in [0.5, 0.6) is 5.75 Å². The van der Waals surface area contributed by atoms with Gasteiger partial charge in [0.25, 0.3) is 5.91 Å². The van der Waals surface area contributed by atoms with Gasteiger partial charge in [0.2, 0.25) is 5.13 Å². The fourth-order valence-corrected chi connectivity index (χ4v) is 3.18. The molecule has 0 saturated carbocycles. The highest BCUT2D eigenvalue weighted by molar-refractivity contribution is 7.15. The lowest BCUT2D eigenvalue weighted by molar-refractivity contribution is 0.102. The first-order chi connectivity index (χ1) is 12.2. The van der Waals surface area contributed by atoms with E-state index in [9.17, 15) is 4.79 Å². The van der Waals surface area contributed by atoms with Gasteiger partial charge >= 0.3 is 0 Å². The monoisotopic (exact) mass is 353 g/mol. The quantitative estimate of drug-likeness (QED) is 0.698. The van der Waals surface area contributed by atoms with Crippen molar-refractivity contribution in [2.24, 2.45) is 0 Å². The first kappa shape index (κ1) is 17.1. The Balaban J connectivity index is 1.51. The minimum Gasteiger partial charge on any atom is -0.497 e. The average molecular weight is 353 g/mol. The van der Waals surface area contributed by atoms with Crippen molar-refractivity contribution in [1.82, 2.24) is 10.2 Å². The van der Waals surface area contributed by atoms with Gasteiger partial charge in [0, 0.05) is 12.0 Å². The molecule has 0 bridgehead atoms. The molecule has 0 aliphatic carbocycles. The van der Waals surface area contributed by atoms with Crippen molar-refractivity contribution >= 4 is 22.4 Å². The van der Waals surface area contributed by atoms with Crippen molar-refractivity contribution < 1.29 is 9.53 Å². The summed E-state index contributed by atoms with van der Waals surface area (Å²) in [5.41, 5.74) is 1.88. The molecule has 0 unspecified atom stereocenters. The van der Waals surface area contributed by atoms with Crippen LogP contribution in [0.2, 0.25) is 0 Å². The van der Waals surface area contributed by atoms with E-state index in [1.54, 1.807) is 31.4 Å². The number of hydrogen-bond acceptors (Lipinski definition) is 5. The molecule has 0 aliphatic rings. The summed E-state index contributed by atoms with van der Waals surface area (Å²) in [4.78, 5) is 12.2. The average Bonchev–Trinajstić information content (AvgIpc) is 3.10. The van der Waals surface area contributed by atoms with Crippen LogP contribution in [0, 0.1) is 0 Å². The number of hydrogen-bond donors (Lipinski definition) is 1. The third-order valence-corrected chi connectivity index (χ3v) is 4.64. The Hall–Kier alpha value is -2.73. The first-order valence-corrected chi connectivity index (χ1v) is 8.88. The van der Waals surface area contributed by atoms with Crippen LogP contribution in [-0.2, 0) is 12.8 Å². The number of rotatable bonds is 7. The summed E-state index contributed by atoms with van der Waals surface area (Å²) in [6.07, 6.45) is 2.87. The van der Waals surface area contributed by atoms with Gasteiger partial charge in [0.05, 0.1) is 7.11 Å². The predicted molar refractivity (Wildman–Crippen MR) is 99.3 cm³/mol. The Morgan fingerprint density at radius 2 is 1.80 bits per heavy atom. The Kier molecular flexibility index (Phi) is 5.74.